The van der Waals surface area contributed by atoms with Crippen LogP contribution in [0.25, 0.3) is 0 Å². The highest BCUT2D eigenvalue weighted by atomic mass is 16.5. The maximum atomic E-state index is 12.4. The summed E-state index contributed by atoms with van der Waals surface area (Å²) in [5.74, 6) is 0.879. The molecule has 1 N–H and O–H groups in total. The topological polar surface area (TPSA) is 38.3 Å². The standard InChI is InChI=1S/C20H25NO2/c1-5-19(16-8-10-18(23-4)11-9-16)21-20(22)13-17-7-6-14(2)12-15(17)3/h6-12,19H,5,13H2,1-4H3,(H,21,22)/t19-/m1/s1. The Morgan fingerprint density at radius 1 is 1.13 bits per heavy atom. The van der Waals surface area contributed by atoms with E-state index in [-0.39, 0.29) is 11.9 Å². The normalized spacial score (nSPS) is 11.8. The third kappa shape index (κ3) is 4.59. The van der Waals surface area contributed by atoms with E-state index in [9.17, 15) is 4.79 Å². The van der Waals surface area contributed by atoms with Gasteiger partial charge < -0.3 is 10.1 Å². The largest absolute Gasteiger partial charge is 0.497 e. The highest BCUT2D eigenvalue weighted by Crippen LogP contribution is 2.20. The molecule has 0 saturated carbocycles. The molecule has 1 atom stereocenters. The van der Waals surface area contributed by atoms with E-state index in [0.29, 0.717) is 6.42 Å². The Morgan fingerprint density at radius 3 is 2.39 bits per heavy atom. The molecule has 0 aliphatic carbocycles. The molecule has 3 heteroatoms. The van der Waals surface area contributed by atoms with Gasteiger partial charge in [-0.05, 0) is 49.1 Å². The Morgan fingerprint density at radius 2 is 1.83 bits per heavy atom. The lowest BCUT2D eigenvalue weighted by Crippen LogP contribution is -2.29. The summed E-state index contributed by atoms with van der Waals surface area (Å²) in [6.45, 7) is 6.19. The summed E-state index contributed by atoms with van der Waals surface area (Å²) >= 11 is 0. The molecule has 0 radical (unpaired) electrons. The van der Waals surface area contributed by atoms with Crippen LogP contribution in [0, 0.1) is 13.8 Å². The van der Waals surface area contributed by atoms with Crippen molar-refractivity contribution in [3.8, 4) is 5.75 Å². The van der Waals surface area contributed by atoms with Gasteiger partial charge in [-0.2, -0.15) is 0 Å². The first-order chi connectivity index (χ1) is 11.0. The first kappa shape index (κ1) is 17.1. The van der Waals surface area contributed by atoms with Gasteiger partial charge in [0, 0.05) is 0 Å². The quantitative estimate of drug-likeness (QED) is 0.871. The average molecular weight is 311 g/mol. The number of aryl methyl sites for hydroxylation is 2. The van der Waals surface area contributed by atoms with Crippen LogP contribution in [0.2, 0.25) is 0 Å². The zero-order valence-electron chi connectivity index (χ0n) is 14.3. The maximum absolute atomic E-state index is 12.4. The second-order valence-electron chi connectivity index (χ2n) is 5.91. The van der Waals surface area contributed by atoms with E-state index in [1.807, 2.05) is 30.3 Å². The number of amides is 1. The van der Waals surface area contributed by atoms with Crippen molar-refractivity contribution in [2.45, 2.75) is 39.7 Å². The minimum absolute atomic E-state index is 0.0270. The van der Waals surface area contributed by atoms with Crippen LogP contribution in [-0.2, 0) is 11.2 Å². The molecule has 1 amide bonds. The van der Waals surface area contributed by atoms with Crippen molar-refractivity contribution in [2.75, 3.05) is 7.11 Å². The van der Waals surface area contributed by atoms with E-state index in [4.69, 9.17) is 4.74 Å². The SMILES string of the molecule is CC[C@@H](NC(=O)Cc1ccc(C)cc1C)c1ccc(OC)cc1. The molecular weight excluding hydrogens is 286 g/mol. The van der Waals surface area contributed by atoms with E-state index in [0.717, 1.165) is 28.9 Å². The lowest BCUT2D eigenvalue weighted by Gasteiger charge is -2.18. The summed E-state index contributed by atoms with van der Waals surface area (Å²) in [5, 5.41) is 3.13. The summed E-state index contributed by atoms with van der Waals surface area (Å²) in [7, 11) is 1.65. The summed E-state index contributed by atoms with van der Waals surface area (Å²) in [4.78, 5) is 12.4. The van der Waals surface area contributed by atoms with Crippen LogP contribution in [-0.4, -0.2) is 13.0 Å². The molecule has 2 aromatic carbocycles. The van der Waals surface area contributed by atoms with Crippen molar-refractivity contribution in [2.24, 2.45) is 0 Å². The third-order valence-corrected chi connectivity index (χ3v) is 4.11. The van der Waals surface area contributed by atoms with E-state index in [2.05, 4.69) is 38.2 Å². The fourth-order valence-corrected chi connectivity index (χ4v) is 2.72. The van der Waals surface area contributed by atoms with Gasteiger partial charge in [0.15, 0.2) is 0 Å². The monoisotopic (exact) mass is 311 g/mol. The van der Waals surface area contributed by atoms with Crippen molar-refractivity contribution in [1.82, 2.24) is 5.32 Å². The Balaban J connectivity index is 2.04. The van der Waals surface area contributed by atoms with Crippen LogP contribution in [0.4, 0.5) is 0 Å². The molecule has 2 rings (SSSR count). The molecule has 0 fully saturated rings. The van der Waals surface area contributed by atoms with Crippen molar-refractivity contribution < 1.29 is 9.53 Å². The number of carbonyl (C=O) groups is 1. The number of nitrogens with one attached hydrogen (secondary N) is 1. The van der Waals surface area contributed by atoms with E-state index < -0.39 is 0 Å². The predicted molar refractivity (Wildman–Crippen MR) is 93.8 cm³/mol. The first-order valence-corrected chi connectivity index (χ1v) is 8.03. The lowest BCUT2D eigenvalue weighted by atomic mass is 10.0. The molecule has 0 aliphatic rings. The minimum atomic E-state index is 0.0270. The fraction of sp³-hybridized carbons (Fsp3) is 0.350. The van der Waals surface area contributed by atoms with E-state index in [1.165, 1.54) is 5.56 Å². The first-order valence-electron chi connectivity index (χ1n) is 8.03. The molecule has 0 unspecified atom stereocenters. The van der Waals surface area contributed by atoms with Crippen LogP contribution in [0.1, 0.15) is 41.6 Å². The summed E-state index contributed by atoms with van der Waals surface area (Å²) in [5.41, 5.74) is 4.56. The van der Waals surface area contributed by atoms with Crippen LogP contribution in [0.5, 0.6) is 5.75 Å². The summed E-state index contributed by atoms with van der Waals surface area (Å²) in [6, 6.07) is 14.1. The minimum Gasteiger partial charge on any atom is -0.497 e. The van der Waals surface area contributed by atoms with Gasteiger partial charge in [-0.3, -0.25) is 4.79 Å². The van der Waals surface area contributed by atoms with Crippen LogP contribution in [0.3, 0.4) is 0 Å². The van der Waals surface area contributed by atoms with Gasteiger partial charge in [-0.25, -0.2) is 0 Å². The van der Waals surface area contributed by atoms with Gasteiger partial charge in [-0.1, -0.05) is 42.8 Å². The second kappa shape index (κ2) is 7.82. The number of carbonyl (C=O) groups excluding carboxylic acids is 1. The van der Waals surface area contributed by atoms with Crippen LogP contribution >= 0.6 is 0 Å². The van der Waals surface area contributed by atoms with Gasteiger partial charge in [0.25, 0.3) is 0 Å². The molecule has 3 nitrogen and oxygen atoms in total. The van der Waals surface area contributed by atoms with Gasteiger partial charge in [0.1, 0.15) is 5.75 Å². The number of hydrogen-bond donors (Lipinski definition) is 1. The third-order valence-electron chi connectivity index (χ3n) is 4.11. The van der Waals surface area contributed by atoms with Gasteiger partial charge >= 0.3 is 0 Å². The van der Waals surface area contributed by atoms with E-state index >= 15 is 0 Å². The highest BCUT2D eigenvalue weighted by molar-refractivity contribution is 5.79. The number of ether oxygens (including phenoxy) is 1. The molecule has 0 saturated heterocycles. The number of methoxy groups -OCH3 is 1. The molecule has 0 aromatic heterocycles. The molecular formula is C20H25NO2. The maximum Gasteiger partial charge on any atom is 0.224 e. The lowest BCUT2D eigenvalue weighted by molar-refractivity contribution is -0.121. The van der Waals surface area contributed by atoms with Crippen molar-refractivity contribution in [1.29, 1.82) is 0 Å². The molecule has 0 spiro atoms. The molecule has 23 heavy (non-hydrogen) atoms. The molecule has 0 heterocycles. The zero-order valence-corrected chi connectivity index (χ0v) is 14.3. The second-order valence-corrected chi connectivity index (χ2v) is 5.91. The van der Waals surface area contributed by atoms with Gasteiger partial charge in [0.2, 0.25) is 5.91 Å². The fourth-order valence-electron chi connectivity index (χ4n) is 2.72. The zero-order chi connectivity index (χ0) is 16.8. The molecule has 0 bridgehead atoms. The Kier molecular flexibility index (Phi) is 5.80. The van der Waals surface area contributed by atoms with Crippen LogP contribution < -0.4 is 10.1 Å². The smallest absolute Gasteiger partial charge is 0.224 e. The highest BCUT2D eigenvalue weighted by Gasteiger charge is 2.14. The van der Waals surface area contributed by atoms with Crippen molar-refractivity contribution in [3.63, 3.8) is 0 Å². The summed E-state index contributed by atoms with van der Waals surface area (Å²) < 4.78 is 5.18. The van der Waals surface area contributed by atoms with Gasteiger partial charge in [-0.15, -0.1) is 0 Å². The summed E-state index contributed by atoms with van der Waals surface area (Å²) in [6.07, 6.45) is 1.27. The Labute approximate surface area is 138 Å². The Hall–Kier alpha value is -2.29. The number of benzene rings is 2. The average Bonchev–Trinajstić information content (AvgIpc) is 2.55. The predicted octanol–water partition coefficient (Wildman–Crippen LogP) is 4.12. The number of hydrogen-bond acceptors (Lipinski definition) is 2. The van der Waals surface area contributed by atoms with Gasteiger partial charge in [0.05, 0.1) is 19.6 Å². The van der Waals surface area contributed by atoms with Crippen molar-refractivity contribution in [3.05, 3.63) is 64.7 Å². The number of rotatable bonds is 6. The Bertz CT molecular complexity index is 662. The van der Waals surface area contributed by atoms with Crippen molar-refractivity contribution >= 4 is 5.91 Å². The van der Waals surface area contributed by atoms with E-state index in [1.54, 1.807) is 7.11 Å². The van der Waals surface area contributed by atoms with Crippen LogP contribution in [0.15, 0.2) is 42.5 Å². The molecule has 2 aromatic rings. The molecule has 122 valence electrons. The molecule has 0 aliphatic heterocycles.